The van der Waals surface area contributed by atoms with E-state index in [2.05, 4.69) is 20.8 Å². The average molecular weight is 483 g/mol. The van der Waals surface area contributed by atoms with Crippen LogP contribution in [0.2, 0.25) is 0 Å². The number of aromatic nitrogens is 2. The molecule has 0 spiro atoms. The van der Waals surface area contributed by atoms with Gasteiger partial charge in [0.25, 0.3) is 11.1 Å². The van der Waals surface area contributed by atoms with Crippen molar-refractivity contribution in [2.45, 2.75) is 56.7 Å². The Labute approximate surface area is 209 Å². The number of hydrogen-bond donors (Lipinski definition) is 0. The molecule has 0 radical (unpaired) electrons. The quantitative estimate of drug-likeness (QED) is 0.354. The summed E-state index contributed by atoms with van der Waals surface area (Å²) in [6, 6.07) is 15.9. The van der Waals surface area contributed by atoms with Crippen LogP contribution in [0.15, 0.2) is 58.1 Å². The van der Waals surface area contributed by atoms with E-state index in [0.717, 1.165) is 39.4 Å². The molecule has 6 heteroatoms. The molecule has 1 fully saturated rings. The predicted octanol–water partition coefficient (Wildman–Crippen LogP) is 4.99. The number of hydrogen-bond acceptors (Lipinski definition) is 4. The van der Waals surface area contributed by atoms with E-state index in [1.54, 1.807) is 9.13 Å². The fourth-order valence-corrected chi connectivity index (χ4v) is 7.60. The molecule has 0 amide bonds. The minimum Gasteiger partial charge on any atom is -0.486 e. The van der Waals surface area contributed by atoms with Crippen molar-refractivity contribution >= 4 is 21.8 Å². The van der Waals surface area contributed by atoms with Crippen molar-refractivity contribution in [2.24, 2.45) is 20.0 Å². The Morgan fingerprint density at radius 1 is 0.722 bits per heavy atom. The topological polar surface area (TPSA) is 62.5 Å². The fourth-order valence-electron chi connectivity index (χ4n) is 7.60. The second-order valence-corrected chi connectivity index (χ2v) is 11.7. The summed E-state index contributed by atoms with van der Waals surface area (Å²) in [6.07, 6.45) is 1.43. The van der Waals surface area contributed by atoms with Crippen LogP contribution in [0.5, 0.6) is 11.5 Å². The molecule has 0 N–H and O–H groups in total. The molecule has 1 aliphatic carbocycles. The van der Waals surface area contributed by atoms with Crippen LogP contribution in [0, 0.1) is 5.92 Å². The molecule has 0 saturated heterocycles. The van der Waals surface area contributed by atoms with Crippen LogP contribution in [0.3, 0.4) is 0 Å². The summed E-state index contributed by atoms with van der Waals surface area (Å²) >= 11 is 0. The number of fused-ring (bicyclic) bond motifs is 12. The number of pyridine rings is 2. The first-order valence-electron chi connectivity index (χ1n) is 12.7. The molecule has 3 aliphatic rings. The molecule has 2 aliphatic heterocycles. The molecule has 7 rings (SSSR count). The van der Waals surface area contributed by atoms with Gasteiger partial charge in [0.1, 0.15) is 22.7 Å². The molecule has 4 atom stereocenters. The van der Waals surface area contributed by atoms with Crippen LogP contribution in [0.25, 0.3) is 21.8 Å². The van der Waals surface area contributed by atoms with Crippen LogP contribution >= 0.6 is 0 Å². The maximum atomic E-state index is 13.8. The van der Waals surface area contributed by atoms with E-state index in [1.807, 2.05) is 62.6 Å². The maximum absolute atomic E-state index is 13.8. The Hall–Kier alpha value is -3.54. The number of ether oxygens (including phenoxy) is 2. The third-order valence-electron chi connectivity index (χ3n) is 9.01. The molecular formula is C30H30N2O4. The Balaban J connectivity index is 1.54. The number of aryl methyl sites for hydroxylation is 2. The van der Waals surface area contributed by atoms with Crippen molar-refractivity contribution in [1.82, 2.24) is 9.13 Å². The summed E-state index contributed by atoms with van der Waals surface area (Å²) in [5.41, 5.74) is 2.06. The van der Waals surface area contributed by atoms with Gasteiger partial charge in [-0.05, 0) is 57.9 Å². The lowest BCUT2D eigenvalue weighted by atomic mass is 9.56. The number of nitrogens with zero attached hydrogens (tertiary/aromatic N) is 2. The van der Waals surface area contributed by atoms with Gasteiger partial charge in [0.05, 0.1) is 22.2 Å². The molecule has 2 aromatic carbocycles. The Morgan fingerprint density at radius 3 is 1.67 bits per heavy atom. The number of rotatable bonds is 0. The van der Waals surface area contributed by atoms with Gasteiger partial charge < -0.3 is 18.6 Å². The lowest BCUT2D eigenvalue weighted by Crippen LogP contribution is -2.58. The number of benzene rings is 2. The van der Waals surface area contributed by atoms with Gasteiger partial charge in [0.15, 0.2) is 0 Å². The van der Waals surface area contributed by atoms with E-state index in [4.69, 9.17) is 9.47 Å². The molecule has 4 heterocycles. The molecule has 2 aromatic heterocycles. The van der Waals surface area contributed by atoms with E-state index in [0.29, 0.717) is 17.9 Å². The minimum atomic E-state index is -0.579. The maximum Gasteiger partial charge on any atom is 0.258 e. The smallest absolute Gasteiger partial charge is 0.258 e. The molecular weight excluding hydrogens is 452 g/mol. The van der Waals surface area contributed by atoms with Gasteiger partial charge in [0.2, 0.25) is 0 Å². The standard InChI is InChI=1S/C30H30N2O4/c1-29(2)24-18(22-25(35-29)16-10-6-8-12-20(16)31(4)27(22)33)14-30(3)15-19(24)23-26(36-30)17-11-7-9-13-21(17)32(5)28(23)34/h6-13,18-19,24H,14-15H2,1-5H3/t18-,19-,24-,30-/m0/s1. The van der Waals surface area contributed by atoms with E-state index in [9.17, 15) is 9.59 Å². The third-order valence-corrected chi connectivity index (χ3v) is 9.01. The van der Waals surface area contributed by atoms with Crippen molar-refractivity contribution in [3.63, 3.8) is 0 Å². The van der Waals surface area contributed by atoms with Crippen molar-refractivity contribution in [3.05, 3.63) is 80.4 Å². The summed E-state index contributed by atoms with van der Waals surface area (Å²) in [5.74, 6) is 1.19. The predicted molar refractivity (Wildman–Crippen MR) is 140 cm³/mol. The van der Waals surface area contributed by atoms with Gasteiger partial charge in [-0.25, -0.2) is 0 Å². The third kappa shape index (κ3) is 2.62. The summed E-state index contributed by atoms with van der Waals surface area (Å²) in [5, 5.41) is 1.91. The highest BCUT2D eigenvalue weighted by Crippen LogP contribution is 2.62. The molecule has 4 aromatic rings. The van der Waals surface area contributed by atoms with Crippen LogP contribution in [-0.2, 0) is 14.1 Å². The van der Waals surface area contributed by atoms with Crippen LogP contribution in [-0.4, -0.2) is 20.3 Å². The van der Waals surface area contributed by atoms with E-state index in [-0.39, 0.29) is 28.9 Å². The highest BCUT2D eigenvalue weighted by Gasteiger charge is 2.59. The lowest BCUT2D eigenvalue weighted by molar-refractivity contribution is -0.0798. The summed E-state index contributed by atoms with van der Waals surface area (Å²) in [6.45, 7) is 6.37. The molecule has 184 valence electrons. The zero-order chi connectivity index (χ0) is 25.1. The Morgan fingerprint density at radius 2 is 1.17 bits per heavy atom. The van der Waals surface area contributed by atoms with Crippen LogP contribution in [0.1, 0.15) is 56.6 Å². The minimum absolute atomic E-state index is 0.0237. The molecule has 36 heavy (non-hydrogen) atoms. The van der Waals surface area contributed by atoms with Gasteiger partial charge >= 0.3 is 0 Å². The molecule has 2 bridgehead atoms. The Bertz CT molecular complexity index is 1630. The SMILES string of the molecule is Cn1c(=O)c2c(c3ccccc31)OC(C)(C)[C@H]1[C@H]2C[C@@]2(C)C[C@H]1c1c(c3ccccc3n(C)c1=O)O2. The highest BCUT2D eigenvalue weighted by atomic mass is 16.5. The second-order valence-electron chi connectivity index (χ2n) is 11.7. The Kier molecular flexibility index (Phi) is 4.11. The van der Waals surface area contributed by atoms with Gasteiger partial charge in [0, 0.05) is 42.6 Å². The van der Waals surface area contributed by atoms with Crippen molar-refractivity contribution < 1.29 is 9.47 Å². The van der Waals surface area contributed by atoms with Gasteiger partial charge in [-0.15, -0.1) is 0 Å². The van der Waals surface area contributed by atoms with Gasteiger partial charge in [-0.1, -0.05) is 24.3 Å². The summed E-state index contributed by atoms with van der Waals surface area (Å²) in [4.78, 5) is 27.7. The molecule has 0 unspecified atom stereocenters. The van der Waals surface area contributed by atoms with Crippen molar-refractivity contribution in [2.75, 3.05) is 0 Å². The highest BCUT2D eigenvalue weighted by molar-refractivity contribution is 5.88. The lowest BCUT2D eigenvalue weighted by Gasteiger charge is -2.57. The largest absolute Gasteiger partial charge is 0.486 e. The van der Waals surface area contributed by atoms with Crippen molar-refractivity contribution in [1.29, 1.82) is 0 Å². The van der Waals surface area contributed by atoms with Crippen LogP contribution < -0.4 is 20.6 Å². The van der Waals surface area contributed by atoms with Gasteiger partial charge in [-0.3, -0.25) is 9.59 Å². The van der Waals surface area contributed by atoms with E-state index < -0.39 is 11.2 Å². The van der Waals surface area contributed by atoms with E-state index >= 15 is 0 Å². The van der Waals surface area contributed by atoms with Crippen molar-refractivity contribution in [3.8, 4) is 11.5 Å². The first kappa shape index (κ1) is 21.7. The van der Waals surface area contributed by atoms with Crippen LogP contribution in [0.4, 0.5) is 0 Å². The zero-order valence-electron chi connectivity index (χ0n) is 21.3. The summed E-state index contributed by atoms with van der Waals surface area (Å²) < 4.78 is 17.0. The van der Waals surface area contributed by atoms with E-state index in [1.165, 1.54) is 0 Å². The molecule has 6 nitrogen and oxygen atoms in total. The monoisotopic (exact) mass is 482 g/mol. The molecule has 1 saturated carbocycles. The zero-order valence-corrected chi connectivity index (χ0v) is 21.3. The number of para-hydroxylation sites is 2. The summed E-state index contributed by atoms with van der Waals surface area (Å²) in [7, 11) is 3.66. The average Bonchev–Trinajstić information content (AvgIpc) is 2.84. The van der Waals surface area contributed by atoms with Gasteiger partial charge in [-0.2, -0.15) is 0 Å². The first-order chi connectivity index (χ1) is 17.1. The first-order valence-corrected chi connectivity index (χ1v) is 12.7. The normalized spacial score (nSPS) is 27.5. The fraction of sp³-hybridized carbons (Fsp3) is 0.400. The second kappa shape index (κ2) is 6.81.